The minimum atomic E-state index is -0.508. The molecule has 8 heteroatoms. The predicted molar refractivity (Wildman–Crippen MR) is 111 cm³/mol. The van der Waals surface area contributed by atoms with Crippen LogP contribution in [0.5, 0.6) is 11.5 Å². The number of halogens is 2. The van der Waals surface area contributed by atoms with Crippen LogP contribution in [-0.4, -0.2) is 30.1 Å². The summed E-state index contributed by atoms with van der Waals surface area (Å²) in [5.74, 6) is 0.941. The third-order valence-electron chi connectivity index (χ3n) is 3.99. The van der Waals surface area contributed by atoms with Crippen LogP contribution in [0.15, 0.2) is 40.9 Å². The first-order valence-electron chi connectivity index (χ1n) is 8.24. The molecule has 1 aliphatic rings. The highest BCUT2D eigenvalue weighted by atomic mass is 79.9. The number of methoxy groups -OCH3 is 1. The van der Waals surface area contributed by atoms with Gasteiger partial charge in [0.25, 0.3) is 5.24 Å². The molecule has 1 saturated heterocycles. The van der Waals surface area contributed by atoms with Crippen LogP contribution in [0.25, 0.3) is 0 Å². The van der Waals surface area contributed by atoms with Gasteiger partial charge in [-0.1, -0.05) is 29.4 Å². The SMILES string of the molecule is CCOc1c(Br)cc(C[C@@H]2SC(=O)N(c3cccc(Cl)c3)C2=O)cc1OC. The standard InChI is InChI=1S/C19H17BrClNO4S/c1-3-26-17-14(20)7-11(8-15(17)25-2)9-16-18(23)22(19(24)27-16)13-6-4-5-12(21)10-13/h4-8,10,16H,3,9H2,1-2H3/t16-/m0/s1. The van der Waals surface area contributed by atoms with Crippen molar-refractivity contribution < 1.29 is 19.1 Å². The Morgan fingerprint density at radius 3 is 2.70 bits per heavy atom. The summed E-state index contributed by atoms with van der Waals surface area (Å²) in [6.07, 6.45) is 0.396. The zero-order valence-electron chi connectivity index (χ0n) is 14.7. The molecule has 1 atom stereocenters. The van der Waals surface area contributed by atoms with Crippen LogP contribution < -0.4 is 14.4 Å². The van der Waals surface area contributed by atoms with Crippen LogP contribution in [0.3, 0.4) is 0 Å². The topological polar surface area (TPSA) is 55.8 Å². The van der Waals surface area contributed by atoms with Crippen molar-refractivity contribution in [1.82, 2.24) is 0 Å². The Labute approximate surface area is 175 Å². The van der Waals surface area contributed by atoms with E-state index in [1.54, 1.807) is 31.4 Å². The van der Waals surface area contributed by atoms with Gasteiger partial charge in [0.1, 0.15) is 0 Å². The van der Waals surface area contributed by atoms with Gasteiger partial charge < -0.3 is 9.47 Å². The smallest absolute Gasteiger partial charge is 0.293 e. The highest BCUT2D eigenvalue weighted by Gasteiger charge is 2.40. The molecule has 3 rings (SSSR count). The number of benzene rings is 2. The second kappa shape index (κ2) is 8.54. The summed E-state index contributed by atoms with van der Waals surface area (Å²) in [4.78, 5) is 26.4. The van der Waals surface area contributed by atoms with Gasteiger partial charge in [-0.3, -0.25) is 9.59 Å². The van der Waals surface area contributed by atoms with E-state index >= 15 is 0 Å². The molecule has 0 bridgehead atoms. The molecule has 2 aromatic carbocycles. The lowest BCUT2D eigenvalue weighted by molar-refractivity contribution is -0.117. The van der Waals surface area contributed by atoms with Crippen molar-refractivity contribution >= 4 is 56.1 Å². The molecule has 0 aliphatic carbocycles. The number of hydrogen-bond acceptors (Lipinski definition) is 5. The quantitative estimate of drug-likeness (QED) is 0.572. The summed E-state index contributed by atoms with van der Waals surface area (Å²) >= 11 is 10.5. The predicted octanol–water partition coefficient (Wildman–Crippen LogP) is 5.32. The third-order valence-corrected chi connectivity index (χ3v) is 5.85. The molecular weight excluding hydrogens is 454 g/mol. The van der Waals surface area contributed by atoms with Gasteiger partial charge in [-0.15, -0.1) is 0 Å². The van der Waals surface area contributed by atoms with Gasteiger partial charge in [0.15, 0.2) is 11.5 Å². The van der Waals surface area contributed by atoms with E-state index in [0.29, 0.717) is 35.2 Å². The molecule has 0 unspecified atom stereocenters. The summed E-state index contributed by atoms with van der Waals surface area (Å²) in [5.41, 5.74) is 1.35. The van der Waals surface area contributed by atoms with Crippen LogP contribution in [0.2, 0.25) is 5.02 Å². The van der Waals surface area contributed by atoms with Crippen molar-refractivity contribution in [1.29, 1.82) is 0 Å². The van der Waals surface area contributed by atoms with Gasteiger partial charge >= 0.3 is 0 Å². The van der Waals surface area contributed by atoms with E-state index in [2.05, 4.69) is 15.9 Å². The van der Waals surface area contributed by atoms with Gasteiger partial charge in [-0.05, 0) is 65.2 Å². The second-order valence-electron chi connectivity index (χ2n) is 5.77. The number of rotatable bonds is 6. The largest absolute Gasteiger partial charge is 0.493 e. The van der Waals surface area contributed by atoms with Gasteiger partial charge in [0.05, 0.1) is 29.1 Å². The number of carbonyl (C=O) groups excluding carboxylic acids is 2. The Hall–Kier alpha value is -1.70. The lowest BCUT2D eigenvalue weighted by atomic mass is 10.1. The third kappa shape index (κ3) is 4.25. The molecule has 0 N–H and O–H groups in total. The van der Waals surface area contributed by atoms with E-state index in [4.69, 9.17) is 21.1 Å². The number of anilines is 1. The molecule has 2 amide bonds. The molecule has 5 nitrogen and oxygen atoms in total. The van der Waals surface area contributed by atoms with E-state index < -0.39 is 5.25 Å². The van der Waals surface area contributed by atoms with Crippen molar-refractivity contribution in [2.45, 2.75) is 18.6 Å². The maximum absolute atomic E-state index is 12.8. The first-order valence-corrected chi connectivity index (χ1v) is 10.3. The molecule has 0 spiro atoms. The molecule has 27 heavy (non-hydrogen) atoms. The van der Waals surface area contributed by atoms with Crippen molar-refractivity contribution in [3.8, 4) is 11.5 Å². The Morgan fingerprint density at radius 1 is 1.26 bits per heavy atom. The average Bonchev–Trinajstić information content (AvgIpc) is 2.90. The summed E-state index contributed by atoms with van der Waals surface area (Å²) in [7, 11) is 1.56. The van der Waals surface area contributed by atoms with Crippen molar-refractivity contribution in [3.05, 3.63) is 51.5 Å². The van der Waals surface area contributed by atoms with Crippen LogP contribution in [0, 0.1) is 0 Å². The second-order valence-corrected chi connectivity index (χ2v) is 8.22. The van der Waals surface area contributed by atoms with Crippen molar-refractivity contribution in [2.24, 2.45) is 0 Å². The highest BCUT2D eigenvalue weighted by Crippen LogP contribution is 2.39. The molecule has 0 radical (unpaired) electrons. The first-order chi connectivity index (χ1) is 12.9. The Morgan fingerprint density at radius 2 is 2.04 bits per heavy atom. The number of amides is 2. The Balaban J connectivity index is 1.83. The molecule has 0 aromatic heterocycles. The van der Waals surface area contributed by atoms with E-state index in [-0.39, 0.29) is 11.1 Å². The van der Waals surface area contributed by atoms with Gasteiger partial charge in [-0.2, -0.15) is 0 Å². The maximum Gasteiger partial charge on any atom is 0.293 e. The lowest BCUT2D eigenvalue weighted by Crippen LogP contribution is -2.32. The van der Waals surface area contributed by atoms with Gasteiger partial charge in [0, 0.05) is 5.02 Å². The van der Waals surface area contributed by atoms with E-state index in [1.807, 2.05) is 19.1 Å². The summed E-state index contributed by atoms with van der Waals surface area (Å²) < 4.78 is 11.7. The monoisotopic (exact) mass is 469 g/mol. The summed E-state index contributed by atoms with van der Waals surface area (Å²) in [6, 6.07) is 10.4. The van der Waals surface area contributed by atoms with Gasteiger partial charge in [0.2, 0.25) is 5.91 Å². The minimum absolute atomic E-state index is 0.253. The lowest BCUT2D eigenvalue weighted by Gasteiger charge is -2.15. The number of thioether (sulfide) groups is 1. The number of imide groups is 1. The number of hydrogen-bond donors (Lipinski definition) is 0. The Bertz CT molecular complexity index is 892. The first kappa shape index (κ1) is 20.0. The summed E-state index contributed by atoms with van der Waals surface area (Å²) in [6.45, 7) is 2.40. The number of carbonyl (C=O) groups is 2. The summed E-state index contributed by atoms with van der Waals surface area (Å²) in [5, 5.41) is -0.336. The highest BCUT2D eigenvalue weighted by molar-refractivity contribution is 9.10. The average molecular weight is 471 g/mol. The van der Waals surface area contributed by atoms with Crippen LogP contribution in [-0.2, 0) is 11.2 Å². The molecule has 1 fully saturated rings. The fourth-order valence-electron chi connectivity index (χ4n) is 2.83. The minimum Gasteiger partial charge on any atom is -0.493 e. The van der Waals surface area contributed by atoms with E-state index in [1.165, 1.54) is 4.90 Å². The molecular formula is C19H17BrClNO4S. The molecule has 1 aliphatic heterocycles. The zero-order valence-corrected chi connectivity index (χ0v) is 17.9. The Kier molecular flexibility index (Phi) is 6.34. The van der Waals surface area contributed by atoms with Crippen LogP contribution in [0.1, 0.15) is 12.5 Å². The normalized spacial score (nSPS) is 16.7. The molecule has 1 heterocycles. The fourth-order valence-corrected chi connectivity index (χ4v) is 4.64. The van der Waals surface area contributed by atoms with Crippen LogP contribution in [0.4, 0.5) is 10.5 Å². The zero-order chi connectivity index (χ0) is 19.6. The molecule has 2 aromatic rings. The van der Waals surface area contributed by atoms with Crippen LogP contribution >= 0.6 is 39.3 Å². The fraction of sp³-hybridized carbons (Fsp3) is 0.263. The number of nitrogens with zero attached hydrogens (tertiary/aromatic N) is 1. The maximum atomic E-state index is 12.8. The van der Waals surface area contributed by atoms with Crippen molar-refractivity contribution in [2.75, 3.05) is 18.6 Å². The number of ether oxygens (including phenoxy) is 2. The van der Waals surface area contributed by atoms with E-state index in [9.17, 15) is 9.59 Å². The van der Waals surface area contributed by atoms with Gasteiger partial charge in [-0.25, -0.2) is 4.90 Å². The molecule has 142 valence electrons. The molecule has 0 saturated carbocycles. The van der Waals surface area contributed by atoms with E-state index in [0.717, 1.165) is 21.8 Å². The van der Waals surface area contributed by atoms with Crippen molar-refractivity contribution in [3.63, 3.8) is 0 Å².